The highest BCUT2D eigenvalue weighted by Gasteiger charge is 2.21. The van der Waals surface area contributed by atoms with E-state index in [1.165, 1.54) is 33.2 Å². The maximum atomic E-state index is 3.62. The van der Waals surface area contributed by atoms with Gasteiger partial charge >= 0.3 is 0 Å². The van der Waals surface area contributed by atoms with Gasteiger partial charge in [0.1, 0.15) is 5.82 Å². The van der Waals surface area contributed by atoms with Crippen molar-refractivity contribution in [3.8, 4) is 16.8 Å². The van der Waals surface area contributed by atoms with Crippen LogP contribution in [0.4, 0.5) is 22.9 Å². The second-order valence-corrected chi connectivity index (χ2v) is 14.8. The maximum absolute atomic E-state index is 3.62. The highest BCUT2D eigenvalue weighted by atomic mass is 15.3. The number of benzene rings is 6. The van der Waals surface area contributed by atoms with E-state index in [0.717, 1.165) is 40.5 Å². The molecule has 0 bridgehead atoms. The average Bonchev–Trinajstić information content (AvgIpc) is 3.54. The second-order valence-electron chi connectivity index (χ2n) is 14.8. The van der Waals surface area contributed by atoms with E-state index in [9.17, 15) is 0 Å². The fraction of sp³-hybridized carbons (Fsp3) is 0.120. The normalized spacial score (nSPS) is 16.7. The number of rotatable bonds is 6. The molecular formula is C50H45N3. The zero-order chi connectivity index (χ0) is 36.2. The van der Waals surface area contributed by atoms with Crippen molar-refractivity contribution < 1.29 is 0 Å². The summed E-state index contributed by atoms with van der Waals surface area (Å²) >= 11 is 0. The van der Waals surface area contributed by atoms with Gasteiger partial charge in [0.25, 0.3) is 0 Å². The van der Waals surface area contributed by atoms with Crippen LogP contribution in [0.2, 0.25) is 0 Å². The Bertz CT molecular complexity index is 2370. The SMILES string of the molecule is CC(C)(C)C1=C/C=C/Nc2ccc(-c3ccc4c(c3)cc(N(c3ccccc3)c3ccccc3)n4-c3ccccc3)cc2CC(c2ccccc2)/C=C\1. The molecular weight excluding hydrogens is 643 g/mol. The number of para-hydroxylation sites is 3. The lowest BCUT2D eigenvalue weighted by Crippen LogP contribution is -2.13. The number of anilines is 4. The molecule has 0 saturated heterocycles. The minimum Gasteiger partial charge on any atom is -0.361 e. The van der Waals surface area contributed by atoms with E-state index in [1.54, 1.807) is 0 Å². The molecule has 0 radical (unpaired) electrons. The predicted molar refractivity (Wildman–Crippen MR) is 226 cm³/mol. The Labute approximate surface area is 313 Å². The molecule has 0 amide bonds. The number of aromatic nitrogens is 1. The quantitative estimate of drug-likeness (QED) is 0.188. The van der Waals surface area contributed by atoms with Gasteiger partial charge in [0, 0.05) is 40.3 Å². The van der Waals surface area contributed by atoms with Crippen molar-refractivity contribution in [1.82, 2.24) is 4.57 Å². The lowest BCUT2D eigenvalue weighted by molar-refractivity contribution is 0.516. The number of hydrogen-bond acceptors (Lipinski definition) is 2. The molecule has 1 N–H and O–H groups in total. The third kappa shape index (κ3) is 7.24. The summed E-state index contributed by atoms with van der Waals surface area (Å²) in [6, 6.07) is 58.9. The first-order valence-electron chi connectivity index (χ1n) is 18.5. The summed E-state index contributed by atoms with van der Waals surface area (Å²) in [5.74, 6) is 1.31. The van der Waals surface area contributed by atoms with Gasteiger partial charge in [0.2, 0.25) is 0 Å². The Hall–Kier alpha value is -6.32. The van der Waals surface area contributed by atoms with Crippen LogP contribution in [0, 0.1) is 5.41 Å². The molecule has 0 fully saturated rings. The first-order valence-corrected chi connectivity index (χ1v) is 18.5. The van der Waals surface area contributed by atoms with Gasteiger partial charge in [-0.3, -0.25) is 9.47 Å². The highest BCUT2D eigenvalue weighted by Crippen LogP contribution is 2.41. The first kappa shape index (κ1) is 33.8. The van der Waals surface area contributed by atoms with E-state index in [-0.39, 0.29) is 11.3 Å². The van der Waals surface area contributed by atoms with Gasteiger partial charge in [-0.15, -0.1) is 0 Å². The molecule has 3 nitrogen and oxygen atoms in total. The topological polar surface area (TPSA) is 20.2 Å². The highest BCUT2D eigenvalue weighted by molar-refractivity contribution is 5.94. The molecule has 260 valence electrons. The number of nitrogens with zero attached hydrogens (tertiary/aromatic N) is 2. The first-order chi connectivity index (χ1) is 25.9. The molecule has 1 aliphatic rings. The summed E-state index contributed by atoms with van der Waals surface area (Å²) in [7, 11) is 0. The molecule has 6 aromatic carbocycles. The fourth-order valence-electron chi connectivity index (χ4n) is 7.34. The number of allylic oxidation sites excluding steroid dienone is 5. The largest absolute Gasteiger partial charge is 0.361 e. The lowest BCUT2D eigenvalue weighted by atomic mass is 9.84. The minimum absolute atomic E-state index is 0.0351. The van der Waals surface area contributed by atoms with Gasteiger partial charge in [-0.1, -0.05) is 136 Å². The Morgan fingerprint density at radius 3 is 1.91 bits per heavy atom. The van der Waals surface area contributed by atoms with Crippen molar-refractivity contribution in [3.63, 3.8) is 0 Å². The van der Waals surface area contributed by atoms with E-state index in [0.29, 0.717) is 0 Å². The summed E-state index contributed by atoms with van der Waals surface area (Å²) in [5.41, 5.74) is 12.0. The van der Waals surface area contributed by atoms with E-state index in [2.05, 4.69) is 230 Å². The molecule has 3 heteroatoms. The van der Waals surface area contributed by atoms with Crippen LogP contribution in [0.1, 0.15) is 37.8 Å². The van der Waals surface area contributed by atoms with Crippen molar-refractivity contribution in [3.05, 3.63) is 211 Å². The molecule has 8 rings (SSSR count). The molecule has 0 saturated carbocycles. The van der Waals surface area contributed by atoms with Crippen LogP contribution < -0.4 is 10.2 Å². The summed E-state index contributed by atoms with van der Waals surface area (Å²) < 4.78 is 2.38. The molecule has 1 atom stereocenters. The fourth-order valence-corrected chi connectivity index (χ4v) is 7.34. The Morgan fingerprint density at radius 1 is 0.642 bits per heavy atom. The second kappa shape index (κ2) is 14.7. The summed E-state index contributed by atoms with van der Waals surface area (Å²) in [6.45, 7) is 6.83. The molecule has 7 aromatic rings. The molecule has 1 aliphatic heterocycles. The Kier molecular flexibility index (Phi) is 9.40. The van der Waals surface area contributed by atoms with Crippen molar-refractivity contribution in [1.29, 1.82) is 0 Å². The summed E-state index contributed by atoms with van der Waals surface area (Å²) in [6.07, 6.45) is 12.0. The van der Waals surface area contributed by atoms with E-state index in [1.807, 2.05) is 0 Å². The number of fused-ring (bicyclic) bond motifs is 2. The van der Waals surface area contributed by atoms with Gasteiger partial charge in [0.05, 0.1) is 5.52 Å². The molecule has 0 aliphatic carbocycles. The standard InChI is InChI=1S/C50H45N3/c1-50(2,3)43-19-16-32-51-47-30-27-39(34-41(47)33-38(26-29-43)37-17-8-4-9-18-37)40-28-31-48-42(35-40)36-49(53(48)46-24-14-7-15-25-46)52(44-20-10-5-11-21-44)45-22-12-6-13-23-45/h4-32,34-36,38,51H,33H2,1-3H3/b29-26-,32-16+,43-19+. The van der Waals surface area contributed by atoms with Gasteiger partial charge in [0.15, 0.2) is 0 Å². The van der Waals surface area contributed by atoms with Gasteiger partial charge in [-0.2, -0.15) is 0 Å². The van der Waals surface area contributed by atoms with Crippen LogP contribution in [0.3, 0.4) is 0 Å². The van der Waals surface area contributed by atoms with Crippen molar-refractivity contribution in [2.24, 2.45) is 5.41 Å². The smallest absolute Gasteiger partial charge is 0.123 e. The van der Waals surface area contributed by atoms with E-state index in [4.69, 9.17) is 0 Å². The zero-order valence-corrected chi connectivity index (χ0v) is 30.7. The van der Waals surface area contributed by atoms with Crippen molar-refractivity contribution in [2.45, 2.75) is 33.1 Å². The lowest BCUT2D eigenvalue weighted by Gasteiger charge is -2.26. The van der Waals surface area contributed by atoms with Crippen molar-refractivity contribution >= 4 is 33.8 Å². The van der Waals surface area contributed by atoms with Crippen LogP contribution in [0.15, 0.2) is 200 Å². The van der Waals surface area contributed by atoms with Crippen LogP contribution in [0.5, 0.6) is 0 Å². The molecule has 0 spiro atoms. The van der Waals surface area contributed by atoms with E-state index >= 15 is 0 Å². The average molecular weight is 688 g/mol. The van der Waals surface area contributed by atoms with Crippen LogP contribution in [-0.2, 0) is 6.42 Å². The van der Waals surface area contributed by atoms with Gasteiger partial charge < -0.3 is 5.32 Å². The monoisotopic (exact) mass is 687 g/mol. The summed E-state index contributed by atoms with van der Waals surface area (Å²) in [4.78, 5) is 2.35. The van der Waals surface area contributed by atoms with Crippen LogP contribution in [0.25, 0.3) is 27.7 Å². The molecule has 1 unspecified atom stereocenters. The third-order valence-electron chi connectivity index (χ3n) is 10.1. The molecule has 2 heterocycles. The predicted octanol–water partition coefficient (Wildman–Crippen LogP) is 13.6. The molecule has 1 aromatic heterocycles. The third-order valence-corrected chi connectivity index (χ3v) is 10.1. The minimum atomic E-state index is 0.0351. The Balaban J connectivity index is 1.24. The van der Waals surface area contributed by atoms with Crippen LogP contribution >= 0.6 is 0 Å². The maximum Gasteiger partial charge on any atom is 0.123 e. The molecule has 53 heavy (non-hydrogen) atoms. The van der Waals surface area contributed by atoms with Gasteiger partial charge in [-0.25, -0.2) is 0 Å². The number of hydrogen-bond donors (Lipinski definition) is 1. The Morgan fingerprint density at radius 2 is 1.25 bits per heavy atom. The van der Waals surface area contributed by atoms with E-state index < -0.39 is 0 Å². The number of nitrogens with one attached hydrogen (secondary N) is 1. The zero-order valence-electron chi connectivity index (χ0n) is 30.7. The van der Waals surface area contributed by atoms with Crippen molar-refractivity contribution in [2.75, 3.05) is 10.2 Å². The van der Waals surface area contributed by atoms with Crippen LogP contribution in [-0.4, -0.2) is 4.57 Å². The van der Waals surface area contributed by atoms with Gasteiger partial charge in [-0.05, 0) is 112 Å². The summed E-state index contributed by atoms with van der Waals surface area (Å²) in [5, 5.41) is 4.81.